The number of carbonyl (C=O) groups is 1. The van der Waals surface area contributed by atoms with E-state index in [4.69, 9.17) is 0 Å². The number of hydrogen-bond acceptors (Lipinski definition) is 2. The number of rotatable bonds is 2. The fraction of sp³-hybridized carbons (Fsp3) is 0.688. The molecule has 2 bridgehead atoms. The van der Waals surface area contributed by atoms with Crippen molar-refractivity contribution in [3.05, 3.63) is 22.9 Å². The fourth-order valence-corrected chi connectivity index (χ4v) is 5.58. The summed E-state index contributed by atoms with van der Waals surface area (Å²) in [5.74, 6) is 0.145. The van der Waals surface area contributed by atoms with Gasteiger partial charge in [-0.3, -0.25) is 4.79 Å². The van der Waals surface area contributed by atoms with E-state index >= 15 is 0 Å². The molecule has 1 N–H and O–H groups in total. The zero-order valence-electron chi connectivity index (χ0n) is 12.9. The molecule has 0 unspecified atom stereocenters. The standard InChI is InChI=1S/C16H25NO2Si/c1-5-17-15(18)12-8-13-11(10-20(2,3)4)6-7-14(13)16(17,19)9-12/h8,10,12,14,19H,5-7,9H2,1-4H3/b11-10+/t12-,14+,16+/m0/s1. The Morgan fingerprint density at radius 3 is 2.80 bits per heavy atom. The van der Waals surface area contributed by atoms with Gasteiger partial charge in [0.1, 0.15) is 5.72 Å². The molecule has 2 fully saturated rings. The van der Waals surface area contributed by atoms with E-state index in [9.17, 15) is 9.90 Å². The first-order chi connectivity index (χ1) is 9.26. The Balaban J connectivity index is 2.03. The average Bonchev–Trinajstić information content (AvgIpc) is 2.79. The minimum atomic E-state index is -1.27. The molecule has 4 heteroatoms. The predicted octanol–water partition coefficient (Wildman–Crippen LogP) is 2.70. The lowest BCUT2D eigenvalue weighted by molar-refractivity contribution is -0.152. The number of fused-ring (bicyclic) bond motifs is 4. The summed E-state index contributed by atoms with van der Waals surface area (Å²) < 4.78 is 0. The van der Waals surface area contributed by atoms with Gasteiger partial charge in [-0.25, -0.2) is 0 Å². The maximum atomic E-state index is 12.4. The van der Waals surface area contributed by atoms with Crippen molar-refractivity contribution < 1.29 is 9.90 Å². The summed E-state index contributed by atoms with van der Waals surface area (Å²) in [6.45, 7) is 9.58. The Hall–Kier alpha value is -0.873. The second-order valence-electron chi connectivity index (χ2n) is 7.52. The Kier molecular flexibility index (Phi) is 3.03. The molecule has 1 saturated heterocycles. The number of carbonyl (C=O) groups excluding carboxylic acids is 1. The third kappa shape index (κ3) is 1.92. The molecule has 1 amide bonds. The molecule has 1 aliphatic heterocycles. The van der Waals surface area contributed by atoms with Gasteiger partial charge in [-0.15, -0.1) is 0 Å². The third-order valence-electron chi connectivity index (χ3n) is 4.88. The van der Waals surface area contributed by atoms with Crippen molar-refractivity contribution >= 4 is 14.0 Å². The van der Waals surface area contributed by atoms with Gasteiger partial charge in [-0.05, 0) is 25.3 Å². The second-order valence-corrected chi connectivity index (χ2v) is 12.5. The van der Waals surface area contributed by atoms with Gasteiger partial charge in [0.25, 0.3) is 0 Å². The number of likely N-dealkylation sites (tertiary alicyclic amines) is 1. The van der Waals surface area contributed by atoms with Gasteiger partial charge in [0.05, 0.1) is 14.0 Å². The van der Waals surface area contributed by atoms with E-state index in [1.807, 2.05) is 6.92 Å². The van der Waals surface area contributed by atoms with Crippen molar-refractivity contribution in [2.24, 2.45) is 11.8 Å². The number of aliphatic hydroxyl groups is 1. The normalized spacial score (nSPS) is 38.5. The second kappa shape index (κ2) is 4.31. The summed E-state index contributed by atoms with van der Waals surface area (Å²) in [7, 11) is -1.27. The first-order valence-corrected chi connectivity index (χ1v) is 11.3. The van der Waals surface area contributed by atoms with Crippen LogP contribution in [0.15, 0.2) is 22.9 Å². The van der Waals surface area contributed by atoms with Crippen LogP contribution in [0.3, 0.4) is 0 Å². The fourth-order valence-electron chi connectivity index (χ4n) is 4.22. The minimum absolute atomic E-state index is 0.102. The van der Waals surface area contributed by atoms with Gasteiger partial charge < -0.3 is 10.0 Å². The first kappa shape index (κ1) is 14.1. The van der Waals surface area contributed by atoms with Gasteiger partial charge in [0.15, 0.2) is 0 Å². The van der Waals surface area contributed by atoms with E-state index in [-0.39, 0.29) is 17.7 Å². The quantitative estimate of drug-likeness (QED) is 0.795. The molecule has 0 aromatic carbocycles. The Bertz CT molecular complexity index is 517. The zero-order valence-corrected chi connectivity index (χ0v) is 13.9. The highest BCUT2D eigenvalue weighted by molar-refractivity contribution is 6.81. The highest BCUT2D eigenvalue weighted by Gasteiger charge is 2.58. The molecule has 0 radical (unpaired) electrons. The highest BCUT2D eigenvalue weighted by atomic mass is 28.3. The van der Waals surface area contributed by atoms with Crippen LogP contribution in [0, 0.1) is 11.8 Å². The van der Waals surface area contributed by atoms with Crippen LogP contribution in [-0.4, -0.2) is 36.3 Å². The average molecular weight is 291 g/mol. The van der Waals surface area contributed by atoms with Crippen LogP contribution in [0.4, 0.5) is 0 Å². The number of allylic oxidation sites excluding steroid dienone is 1. The zero-order chi connectivity index (χ0) is 14.7. The van der Waals surface area contributed by atoms with Crippen LogP contribution in [0.5, 0.6) is 0 Å². The summed E-state index contributed by atoms with van der Waals surface area (Å²) in [4.78, 5) is 14.1. The van der Waals surface area contributed by atoms with Crippen molar-refractivity contribution in [3.63, 3.8) is 0 Å². The Morgan fingerprint density at radius 1 is 1.50 bits per heavy atom. The van der Waals surface area contributed by atoms with E-state index < -0.39 is 13.8 Å². The van der Waals surface area contributed by atoms with E-state index in [0.29, 0.717) is 13.0 Å². The lowest BCUT2D eigenvalue weighted by Crippen LogP contribution is -2.50. The van der Waals surface area contributed by atoms with E-state index in [0.717, 1.165) is 12.8 Å². The van der Waals surface area contributed by atoms with Crippen LogP contribution in [0.2, 0.25) is 19.6 Å². The predicted molar refractivity (Wildman–Crippen MR) is 82.7 cm³/mol. The van der Waals surface area contributed by atoms with Crippen LogP contribution in [-0.2, 0) is 4.79 Å². The molecule has 1 saturated carbocycles. The van der Waals surface area contributed by atoms with Gasteiger partial charge >= 0.3 is 0 Å². The summed E-state index contributed by atoms with van der Waals surface area (Å²) in [5, 5.41) is 11.1. The largest absolute Gasteiger partial charge is 0.370 e. The first-order valence-electron chi connectivity index (χ1n) is 7.74. The molecule has 1 heterocycles. The van der Waals surface area contributed by atoms with Crippen molar-refractivity contribution in [1.82, 2.24) is 4.90 Å². The van der Waals surface area contributed by atoms with Gasteiger partial charge in [-0.2, -0.15) is 0 Å². The van der Waals surface area contributed by atoms with E-state index in [2.05, 4.69) is 31.4 Å². The highest BCUT2D eigenvalue weighted by Crippen LogP contribution is 2.53. The smallest absolute Gasteiger partial charge is 0.231 e. The van der Waals surface area contributed by atoms with Crippen molar-refractivity contribution in [2.45, 2.75) is 51.6 Å². The topological polar surface area (TPSA) is 40.5 Å². The number of amides is 1. The molecule has 3 aliphatic rings. The van der Waals surface area contributed by atoms with Gasteiger partial charge in [0, 0.05) is 18.9 Å². The molecule has 20 heavy (non-hydrogen) atoms. The molecule has 3 rings (SSSR count). The maximum absolute atomic E-state index is 12.4. The molecule has 3 nitrogen and oxygen atoms in total. The maximum Gasteiger partial charge on any atom is 0.231 e. The summed E-state index contributed by atoms with van der Waals surface area (Å²) in [6.07, 6.45) is 4.79. The van der Waals surface area contributed by atoms with Crippen LogP contribution in [0.1, 0.15) is 26.2 Å². The number of nitrogens with zero attached hydrogens (tertiary/aromatic N) is 1. The molecule has 0 aromatic rings. The van der Waals surface area contributed by atoms with Crippen molar-refractivity contribution in [3.8, 4) is 0 Å². The minimum Gasteiger partial charge on any atom is -0.370 e. The monoisotopic (exact) mass is 291 g/mol. The van der Waals surface area contributed by atoms with Crippen LogP contribution >= 0.6 is 0 Å². The molecule has 110 valence electrons. The Labute approximate surface area is 122 Å². The summed E-state index contributed by atoms with van der Waals surface area (Å²) in [6, 6.07) is 0. The molecular weight excluding hydrogens is 266 g/mol. The molecule has 0 aromatic heterocycles. The van der Waals surface area contributed by atoms with E-state index in [1.165, 1.54) is 11.1 Å². The van der Waals surface area contributed by atoms with Crippen molar-refractivity contribution in [2.75, 3.05) is 6.54 Å². The number of hydrogen-bond donors (Lipinski definition) is 1. The summed E-state index contributed by atoms with van der Waals surface area (Å²) >= 11 is 0. The molecule has 0 spiro atoms. The summed E-state index contributed by atoms with van der Waals surface area (Å²) in [5.41, 5.74) is 4.21. The van der Waals surface area contributed by atoms with Gasteiger partial charge in [-0.1, -0.05) is 37.0 Å². The third-order valence-corrected chi connectivity index (χ3v) is 6.10. The Morgan fingerprint density at radius 2 is 2.20 bits per heavy atom. The molecular formula is C16H25NO2Si. The molecule has 3 atom stereocenters. The lowest BCUT2D eigenvalue weighted by Gasteiger charge is -2.39. The molecule has 2 aliphatic carbocycles. The SMILES string of the molecule is CCN1C(=O)[C@H]2C=C3/C(=C/[Si](C)(C)C)CC[C@H]3[C@]1(O)C2. The van der Waals surface area contributed by atoms with Crippen LogP contribution in [0.25, 0.3) is 0 Å². The lowest BCUT2D eigenvalue weighted by atomic mass is 9.80. The van der Waals surface area contributed by atoms with Crippen molar-refractivity contribution in [1.29, 1.82) is 0 Å². The van der Waals surface area contributed by atoms with Crippen LogP contribution < -0.4 is 0 Å². The van der Waals surface area contributed by atoms with Gasteiger partial charge in [0.2, 0.25) is 5.91 Å². The van der Waals surface area contributed by atoms with E-state index in [1.54, 1.807) is 4.90 Å².